The van der Waals surface area contributed by atoms with Crippen LogP contribution in [0.3, 0.4) is 0 Å². The molecular formula is C14H23BrN2O. The van der Waals surface area contributed by atoms with E-state index in [1.54, 1.807) is 0 Å². The van der Waals surface area contributed by atoms with Crippen molar-refractivity contribution in [2.75, 3.05) is 32.1 Å². The predicted molar refractivity (Wildman–Crippen MR) is 81.3 cm³/mol. The first kappa shape index (κ1) is 15.5. The average molecular weight is 315 g/mol. The SMILES string of the molecule is CNCc1ccc(N(C)CCOC(C)C)cc1Br. The molecule has 3 nitrogen and oxygen atoms in total. The zero-order valence-corrected chi connectivity index (χ0v) is 13.3. The summed E-state index contributed by atoms with van der Waals surface area (Å²) in [6.45, 7) is 6.65. The number of nitrogens with zero attached hydrogens (tertiary/aromatic N) is 1. The van der Waals surface area contributed by atoms with E-state index in [0.717, 1.165) is 24.2 Å². The fourth-order valence-electron chi connectivity index (χ4n) is 1.66. The summed E-state index contributed by atoms with van der Waals surface area (Å²) in [5, 5.41) is 3.16. The van der Waals surface area contributed by atoms with Crippen LogP contribution < -0.4 is 10.2 Å². The molecule has 102 valence electrons. The average Bonchev–Trinajstić information content (AvgIpc) is 2.31. The maximum atomic E-state index is 5.56. The molecule has 1 N–H and O–H groups in total. The molecule has 1 rings (SSSR count). The van der Waals surface area contributed by atoms with Gasteiger partial charge in [-0.15, -0.1) is 0 Å². The van der Waals surface area contributed by atoms with Crippen LogP contribution in [0.2, 0.25) is 0 Å². The molecule has 0 spiro atoms. The molecule has 0 radical (unpaired) electrons. The topological polar surface area (TPSA) is 24.5 Å². The zero-order valence-electron chi connectivity index (χ0n) is 11.7. The summed E-state index contributed by atoms with van der Waals surface area (Å²) in [6, 6.07) is 6.45. The van der Waals surface area contributed by atoms with Crippen LogP contribution >= 0.6 is 15.9 Å². The van der Waals surface area contributed by atoms with E-state index in [4.69, 9.17) is 4.74 Å². The molecule has 0 saturated heterocycles. The Kier molecular flexibility index (Phi) is 6.68. The Balaban J connectivity index is 2.57. The van der Waals surface area contributed by atoms with Crippen molar-refractivity contribution in [3.05, 3.63) is 28.2 Å². The molecule has 0 saturated carbocycles. The molecule has 1 aromatic rings. The number of anilines is 1. The van der Waals surface area contributed by atoms with Crippen molar-refractivity contribution in [3.63, 3.8) is 0 Å². The van der Waals surface area contributed by atoms with Crippen LogP contribution in [-0.2, 0) is 11.3 Å². The van der Waals surface area contributed by atoms with Gasteiger partial charge in [0.15, 0.2) is 0 Å². The monoisotopic (exact) mass is 314 g/mol. The van der Waals surface area contributed by atoms with E-state index in [-0.39, 0.29) is 0 Å². The van der Waals surface area contributed by atoms with Gasteiger partial charge in [0.25, 0.3) is 0 Å². The molecule has 0 heterocycles. The second-order valence-corrected chi connectivity index (χ2v) is 5.50. The summed E-state index contributed by atoms with van der Waals surface area (Å²) < 4.78 is 6.71. The smallest absolute Gasteiger partial charge is 0.0644 e. The highest BCUT2D eigenvalue weighted by molar-refractivity contribution is 9.10. The second-order valence-electron chi connectivity index (χ2n) is 4.65. The highest BCUT2D eigenvalue weighted by Crippen LogP contribution is 2.23. The first-order valence-electron chi connectivity index (χ1n) is 6.30. The minimum atomic E-state index is 0.295. The summed E-state index contributed by atoms with van der Waals surface area (Å²) in [4.78, 5) is 2.20. The van der Waals surface area contributed by atoms with Gasteiger partial charge in [-0.2, -0.15) is 0 Å². The van der Waals surface area contributed by atoms with Gasteiger partial charge in [-0.05, 0) is 38.6 Å². The lowest BCUT2D eigenvalue weighted by Gasteiger charge is -2.21. The molecule has 4 heteroatoms. The van der Waals surface area contributed by atoms with Crippen molar-refractivity contribution in [2.45, 2.75) is 26.5 Å². The Hall–Kier alpha value is -0.580. The van der Waals surface area contributed by atoms with Crippen molar-refractivity contribution in [2.24, 2.45) is 0 Å². The van der Waals surface area contributed by atoms with E-state index in [1.165, 1.54) is 11.3 Å². The Morgan fingerprint density at radius 2 is 2.11 bits per heavy atom. The molecule has 0 unspecified atom stereocenters. The summed E-state index contributed by atoms with van der Waals surface area (Å²) >= 11 is 3.61. The third kappa shape index (κ3) is 4.96. The summed E-state index contributed by atoms with van der Waals surface area (Å²) in [5.41, 5.74) is 2.47. The van der Waals surface area contributed by atoms with Gasteiger partial charge in [0, 0.05) is 30.3 Å². The molecule has 0 fully saturated rings. The number of nitrogens with one attached hydrogen (secondary N) is 1. The van der Waals surface area contributed by atoms with Gasteiger partial charge >= 0.3 is 0 Å². The maximum absolute atomic E-state index is 5.56. The minimum Gasteiger partial charge on any atom is -0.377 e. The van der Waals surface area contributed by atoms with E-state index < -0.39 is 0 Å². The third-order valence-corrected chi connectivity index (χ3v) is 3.46. The number of hydrogen-bond acceptors (Lipinski definition) is 3. The van der Waals surface area contributed by atoms with Crippen molar-refractivity contribution in [3.8, 4) is 0 Å². The number of rotatable bonds is 7. The van der Waals surface area contributed by atoms with Crippen molar-refractivity contribution in [1.82, 2.24) is 5.32 Å². The first-order chi connectivity index (χ1) is 8.54. The van der Waals surface area contributed by atoms with E-state index in [2.05, 4.69) is 65.2 Å². The number of hydrogen-bond donors (Lipinski definition) is 1. The minimum absolute atomic E-state index is 0.295. The summed E-state index contributed by atoms with van der Waals surface area (Å²) in [5.74, 6) is 0. The third-order valence-electron chi connectivity index (χ3n) is 2.72. The lowest BCUT2D eigenvalue weighted by atomic mass is 10.2. The van der Waals surface area contributed by atoms with Gasteiger partial charge in [0.2, 0.25) is 0 Å². The molecule has 0 aromatic heterocycles. The second kappa shape index (κ2) is 7.77. The predicted octanol–water partition coefficient (Wildman–Crippen LogP) is 3.03. The Morgan fingerprint density at radius 3 is 2.67 bits per heavy atom. The van der Waals surface area contributed by atoms with Gasteiger partial charge in [0.1, 0.15) is 0 Å². The van der Waals surface area contributed by atoms with Gasteiger partial charge in [-0.25, -0.2) is 0 Å². The van der Waals surface area contributed by atoms with Crippen LogP contribution in [0.5, 0.6) is 0 Å². The Labute approximate surface area is 119 Å². The van der Waals surface area contributed by atoms with E-state index in [9.17, 15) is 0 Å². The first-order valence-corrected chi connectivity index (χ1v) is 7.09. The van der Waals surface area contributed by atoms with Gasteiger partial charge < -0.3 is 15.0 Å². The van der Waals surface area contributed by atoms with Crippen molar-refractivity contribution >= 4 is 21.6 Å². The largest absolute Gasteiger partial charge is 0.377 e. The standard InChI is InChI=1S/C14H23BrN2O/c1-11(2)18-8-7-17(4)13-6-5-12(10-16-3)14(15)9-13/h5-6,9,11,16H,7-8,10H2,1-4H3. The summed E-state index contributed by atoms with van der Waals surface area (Å²) in [6.07, 6.45) is 0.295. The Morgan fingerprint density at radius 1 is 1.39 bits per heavy atom. The highest BCUT2D eigenvalue weighted by Gasteiger charge is 2.05. The van der Waals surface area contributed by atoms with Crippen LogP contribution in [0, 0.1) is 0 Å². The van der Waals surface area contributed by atoms with Crippen LogP contribution in [0.15, 0.2) is 22.7 Å². The van der Waals surface area contributed by atoms with Crippen LogP contribution in [0.25, 0.3) is 0 Å². The van der Waals surface area contributed by atoms with Crippen molar-refractivity contribution in [1.29, 1.82) is 0 Å². The van der Waals surface area contributed by atoms with Crippen LogP contribution in [0.4, 0.5) is 5.69 Å². The molecule has 0 aliphatic heterocycles. The molecule has 18 heavy (non-hydrogen) atoms. The highest BCUT2D eigenvalue weighted by atomic mass is 79.9. The number of likely N-dealkylation sites (N-methyl/N-ethyl adjacent to an activating group) is 1. The van der Waals surface area contributed by atoms with Gasteiger partial charge in [0.05, 0.1) is 12.7 Å². The number of ether oxygens (including phenoxy) is 1. The number of halogens is 1. The zero-order chi connectivity index (χ0) is 13.5. The molecular weight excluding hydrogens is 292 g/mol. The van der Waals surface area contributed by atoms with Gasteiger partial charge in [-0.1, -0.05) is 22.0 Å². The molecule has 0 atom stereocenters. The molecule has 0 aliphatic carbocycles. The lowest BCUT2D eigenvalue weighted by molar-refractivity contribution is 0.0846. The van der Waals surface area contributed by atoms with E-state index in [0.29, 0.717) is 6.10 Å². The number of benzene rings is 1. The van der Waals surface area contributed by atoms with Gasteiger partial charge in [-0.3, -0.25) is 0 Å². The molecule has 0 amide bonds. The van der Waals surface area contributed by atoms with Crippen LogP contribution in [0.1, 0.15) is 19.4 Å². The quantitative estimate of drug-likeness (QED) is 0.837. The van der Waals surface area contributed by atoms with Crippen molar-refractivity contribution < 1.29 is 4.74 Å². The lowest BCUT2D eigenvalue weighted by Crippen LogP contribution is -2.24. The summed E-state index contributed by atoms with van der Waals surface area (Å²) in [7, 11) is 4.04. The maximum Gasteiger partial charge on any atom is 0.0644 e. The van der Waals surface area contributed by atoms with E-state index in [1.807, 2.05) is 7.05 Å². The normalized spacial score (nSPS) is 11.0. The van der Waals surface area contributed by atoms with Crippen LogP contribution in [-0.4, -0.2) is 33.4 Å². The fourth-order valence-corrected chi connectivity index (χ4v) is 2.17. The molecule has 0 bridgehead atoms. The Bertz CT molecular complexity index is 369. The molecule has 1 aromatic carbocycles. The fraction of sp³-hybridized carbons (Fsp3) is 0.571. The van der Waals surface area contributed by atoms with E-state index >= 15 is 0 Å². The molecule has 0 aliphatic rings.